The molecule has 0 radical (unpaired) electrons. The number of aryl methyl sites for hydroxylation is 2. The van der Waals surface area contributed by atoms with Crippen molar-refractivity contribution < 1.29 is 22.1 Å². The second-order valence-electron chi connectivity index (χ2n) is 4.97. The predicted molar refractivity (Wildman–Crippen MR) is 80.8 cm³/mol. The molecule has 2 aromatic rings. The number of carbonyl (C=O) groups excluding carboxylic acids is 1. The molecule has 0 fully saturated rings. The summed E-state index contributed by atoms with van der Waals surface area (Å²) in [5.41, 5.74) is 0.164. The summed E-state index contributed by atoms with van der Waals surface area (Å²) in [6, 6.07) is 4.48. The number of rotatable bonds is 5. The van der Waals surface area contributed by atoms with Gasteiger partial charge in [-0.15, -0.1) is 0 Å². The van der Waals surface area contributed by atoms with E-state index < -0.39 is 27.8 Å². The lowest BCUT2D eigenvalue weighted by atomic mass is 10.2. The van der Waals surface area contributed by atoms with Crippen LogP contribution in [0, 0.1) is 19.7 Å². The van der Waals surface area contributed by atoms with E-state index in [0.717, 1.165) is 0 Å². The molecule has 2 N–H and O–H groups in total. The van der Waals surface area contributed by atoms with Gasteiger partial charge in [-0.2, -0.15) is 4.72 Å². The first kappa shape index (κ1) is 17.1. The van der Waals surface area contributed by atoms with Crippen LogP contribution in [0.3, 0.4) is 0 Å². The summed E-state index contributed by atoms with van der Waals surface area (Å²) in [5, 5.41) is 5.90. The SMILES string of the molecule is Cc1noc(C)c1S(=O)(=O)NC(C)C(=O)Nc1ccccc1F. The lowest BCUT2D eigenvalue weighted by molar-refractivity contribution is -0.117. The summed E-state index contributed by atoms with van der Waals surface area (Å²) in [5.74, 6) is -1.18. The normalized spacial score (nSPS) is 12.9. The summed E-state index contributed by atoms with van der Waals surface area (Å²) in [6.07, 6.45) is 0. The molecular weight excluding hydrogens is 325 g/mol. The van der Waals surface area contributed by atoms with Crippen LogP contribution in [-0.4, -0.2) is 25.5 Å². The summed E-state index contributed by atoms with van der Waals surface area (Å²) < 4.78 is 45.1. The zero-order chi connectivity index (χ0) is 17.2. The number of benzene rings is 1. The summed E-state index contributed by atoms with van der Waals surface area (Å²) >= 11 is 0. The quantitative estimate of drug-likeness (QED) is 0.862. The van der Waals surface area contributed by atoms with E-state index in [1.807, 2.05) is 0 Å². The van der Waals surface area contributed by atoms with Crippen molar-refractivity contribution in [2.24, 2.45) is 0 Å². The van der Waals surface area contributed by atoms with Crippen molar-refractivity contribution in [3.05, 3.63) is 41.5 Å². The molecular formula is C14H16FN3O4S. The van der Waals surface area contributed by atoms with Gasteiger partial charge in [0.25, 0.3) is 0 Å². The summed E-state index contributed by atoms with van der Waals surface area (Å²) in [7, 11) is -3.99. The Morgan fingerprint density at radius 3 is 2.52 bits per heavy atom. The third-order valence-electron chi connectivity index (χ3n) is 3.09. The van der Waals surface area contributed by atoms with Gasteiger partial charge in [0.05, 0.1) is 11.7 Å². The fourth-order valence-electron chi connectivity index (χ4n) is 2.01. The Hall–Kier alpha value is -2.26. The van der Waals surface area contributed by atoms with Crippen molar-refractivity contribution in [3.8, 4) is 0 Å². The molecule has 0 aliphatic rings. The molecule has 1 amide bonds. The van der Waals surface area contributed by atoms with Gasteiger partial charge in [-0.1, -0.05) is 17.3 Å². The molecule has 1 heterocycles. The molecule has 7 nitrogen and oxygen atoms in total. The number of amides is 1. The summed E-state index contributed by atoms with van der Waals surface area (Å²) in [6.45, 7) is 4.29. The number of nitrogens with one attached hydrogen (secondary N) is 2. The van der Waals surface area contributed by atoms with Crippen LogP contribution < -0.4 is 10.0 Å². The second-order valence-corrected chi connectivity index (χ2v) is 6.62. The van der Waals surface area contributed by atoms with Crippen LogP contribution in [0.5, 0.6) is 0 Å². The molecule has 0 saturated carbocycles. The van der Waals surface area contributed by atoms with Crippen molar-refractivity contribution in [1.29, 1.82) is 0 Å². The molecule has 0 aliphatic heterocycles. The first-order valence-corrected chi connectivity index (χ1v) is 8.21. The zero-order valence-electron chi connectivity index (χ0n) is 12.8. The summed E-state index contributed by atoms with van der Waals surface area (Å²) in [4.78, 5) is 11.9. The van der Waals surface area contributed by atoms with Gasteiger partial charge in [-0.25, -0.2) is 12.8 Å². The van der Waals surface area contributed by atoms with Crippen LogP contribution in [-0.2, 0) is 14.8 Å². The Balaban J connectivity index is 2.14. The maximum Gasteiger partial charge on any atom is 0.246 e. The van der Waals surface area contributed by atoms with Crippen LogP contribution in [0.4, 0.5) is 10.1 Å². The lowest BCUT2D eigenvalue weighted by Gasteiger charge is -2.14. The fraction of sp³-hybridized carbons (Fsp3) is 0.286. The minimum absolute atomic E-state index is 0.0270. The van der Waals surface area contributed by atoms with Crippen LogP contribution in [0.15, 0.2) is 33.7 Å². The number of para-hydroxylation sites is 1. The van der Waals surface area contributed by atoms with Crippen molar-refractivity contribution in [2.45, 2.75) is 31.7 Å². The van der Waals surface area contributed by atoms with Gasteiger partial charge in [0.15, 0.2) is 5.76 Å². The van der Waals surface area contributed by atoms with Crippen LogP contribution in [0.1, 0.15) is 18.4 Å². The molecule has 1 aromatic carbocycles. The van der Waals surface area contributed by atoms with E-state index in [4.69, 9.17) is 4.52 Å². The molecule has 1 aromatic heterocycles. The van der Waals surface area contributed by atoms with E-state index in [9.17, 15) is 17.6 Å². The average Bonchev–Trinajstić information content (AvgIpc) is 2.80. The van der Waals surface area contributed by atoms with E-state index in [0.29, 0.717) is 0 Å². The van der Waals surface area contributed by atoms with E-state index in [2.05, 4.69) is 15.2 Å². The van der Waals surface area contributed by atoms with Gasteiger partial charge < -0.3 is 9.84 Å². The van der Waals surface area contributed by atoms with Gasteiger partial charge in [-0.05, 0) is 32.9 Å². The van der Waals surface area contributed by atoms with Gasteiger partial charge in [0.1, 0.15) is 16.4 Å². The maximum absolute atomic E-state index is 13.5. The van der Waals surface area contributed by atoms with Crippen molar-refractivity contribution in [1.82, 2.24) is 9.88 Å². The highest BCUT2D eigenvalue weighted by molar-refractivity contribution is 7.89. The first-order chi connectivity index (χ1) is 10.7. The Bertz CT molecular complexity index is 813. The lowest BCUT2D eigenvalue weighted by Crippen LogP contribution is -2.41. The monoisotopic (exact) mass is 341 g/mol. The molecule has 1 unspecified atom stereocenters. The molecule has 9 heteroatoms. The number of nitrogens with zero attached hydrogens (tertiary/aromatic N) is 1. The van der Waals surface area contributed by atoms with Gasteiger partial charge in [0.2, 0.25) is 15.9 Å². The van der Waals surface area contributed by atoms with Crippen LogP contribution in [0.2, 0.25) is 0 Å². The Morgan fingerprint density at radius 1 is 1.30 bits per heavy atom. The smallest absolute Gasteiger partial charge is 0.246 e. The predicted octanol–water partition coefficient (Wildman–Crippen LogP) is 1.74. The molecule has 0 bridgehead atoms. The topological polar surface area (TPSA) is 101 Å². The molecule has 2 rings (SSSR count). The minimum atomic E-state index is -3.99. The zero-order valence-corrected chi connectivity index (χ0v) is 13.6. The molecule has 0 spiro atoms. The van der Waals surface area contributed by atoms with Crippen molar-refractivity contribution in [2.75, 3.05) is 5.32 Å². The van der Waals surface area contributed by atoms with Crippen LogP contribution in [0.25, 0.3) is 0 Å². The van der Waals surface area contributed by atoms with Crippen LogP contribution >= 0.6 is 0 Å². The van der Waals surface area contributed by atoms with Gasteiger partial charge in [0, 0.05) is 0 Å². The number of hydrogen-bond donors (Lipinski definition) is 2. The molecule has 0 aliphatic carbocycles. The minimum Gasteiger partial charge on any atom is -0.360 e. The highest BCUT2D eigenvalue weighted by Gasteiger charge is 2.28. The highest BCUT2D eigenvalue weighted by Crippen LogP contribution is 2.19. The number of aromatic nitrogens is 1. The molecule has 124 valence electrons. The van der Waals surface area contributed by atoms with Crippen molar-refractivity contribution in [3.63, 3.8) is 0 Å². The Kier molecular flexibility index (Phi) is 4.81. The first-order valence-electron chi connectivity index (χ1n) is 6.73. The standard InChI is InChI=1S/C14H16FN3O4S/c1-8-13(10(3)22-17-8)23(20,21)18-9(2)14(19)16-12-7-5-4-6-11(12)15/h4-7,9,18H,1-3H3,(H,16,19). The molecule has 23 heavy (non-hydrogen) atoms. The number of anilines is 1. The van der Waals surface area contributed by atoms with E-state index in [1.165, 1.54) is 39.0 Å². The number of carbonyl (C=O) groups is 1. The van der Waals surface area contributed by atoms with Crippen molar-refractivity contribution >= 4 is 21.6 Å². The second kappa shape index (κ2) is 6.47. The molecule has 1 atom stereocenters. The third-order valence-corrected chi connectivity index (χ3v) is 4.88. The average molecular weight is 341 g/mol. The third kappa shape index (κ3) is 3.74. The van der Waals surface area contributed by atoms with E-state index in [-0.39, 0.29) is 22.0 Å². The van der Waals surface area contributed by atoms with Gasteiger partial charge in [-0.3, -0.25) is 4.79 Å². The Morgan fingerprint density at radius 2 is 1.96 bits per heavy atom. The molecule has 0 saturated heterocycles. The largest absolute Gasteiger partial charge is 0.360 e. The number of halogens is 1. The van der Waals surface area contributed by atoms with E-state index in [1.54, 1.807) is 6.07 Å². The maximum atomic E-state index is 13.5. The number of hydrogen-bond acceptors (Lipinski definition) is 5. The van der Waals surface area contributed by atoms with Gasteiger partial charge >= 0.3 is 0 Å². The fourth-order valence-corrected chi connectivity index (χ4v) is 3.54. The van der Waals surface area contributed by atoms with E-state index >= 15 is 0 Å². The highest BCUT2D eigenvalue weighted by atomic mass is 32.2. The Labute approximate surface area is 132 Å². The number of sulfonamides is 1.